The second-order valence-corrected chi connectivity index (χ2v) is 8.18. The van der Waals surface area contributed by atoms with Crippen LogP contribution in [0.1, 0.15) is 113 Å². The summed E-state index contributed by atoms with van der Waals surface area (Å²) in [6.07, 6.45) is 14.1. The van der Waals surface area contributed by atoms with Gasteiger partial charge in [-0.15, -0.1) is 0 Å². The zero-order valence-electron chi connectivity index (χ0n) is 15.6. The van der Waals surface area contributed by atoms with Crippen molar-refractivity contribution < 1.29 is 0 Å². The molecule has 0 aliphatic heterocycles. The van der Waals surface area contributed by atoms with Crippen LogP contribution >= 0.6 is 0 Å². The average Bonchev–Trinajstić information content (AvgIpc) is 2.40. The lowest BCUT2D eigenvalue weighted by molar-refractivity contribution is 0.0872. The largest absolute Gasteiger partial charge is 0.0654 e. The summed E-state index contributed by atoms with van der Waals surface area (Å²) in [5.41, 5.74) is 0.953. The standard InChI is InChI=1S/C20H42/c1-8-11-15-18(9-2)16-13-12-14-17-20(7,10-3)19(4,5)6/h18H,8-17H2,1-7H3. The molecule has 0 fully saturated rings. The average molecular weight is 283 g/mol. The highest BCUT2D eigenvalue weighted by Gasteiger charge is 2.34. The van der Waals surface area contributed by atoms with E-state index in [-0.39, 0.29) is 0 Å². The molecule has 0 N–H and O–H groups in total. The first-order valence-electron chi connectivity index (χ1n) is 9.30. The first-order chi connectivity index (χ1) is 9.30. The summed E-state index contributed by atoms with van der Waals surface area (Å²) in [5, 5.41) is 0. The molecule has 122 valence electrons. The van der Waals surface area contributed by atoms with Crippen LogP contribution < -0.4 is 0 Å². The van der Waals surface area contributed by atoms with Crippen LogP contribution in [-0.4, -0.2) is 0 Å². The van der Waals surface area contributed by atoms with Gasteiger partial charge in [-0.25, -0.2) is 0 Å². The summed E-state index contributed by atoms with van der Waals surface area (Å²) in [4.78, 5) is 0. The van der Waals surface area contributed by atoms with Crippen molar-refractivity contribution in [3.63, 3.8) is 0 Å². The first kappa shape index (κ1) is 20.0. The van der Waals surface area contributed by atoms with Crippen molar-refractivity contribution in [3.8, 4) is 0 Å². The van der Waals surface area contributed by atoms with E-state index in [4.69, 9.17) is 0 Å². The van der Waals surface area contributed by atoms with Crippen molar-refractivity contribution in [1.29, 1.82) is 0 Å². The lowest BCUT2D eigenvalue weighted by atomic mass is 9.64. The molecule has 0 spiro atoms. The van der Waals surface area contributed by atoms with Gasteiger partial charge in [-0.2, -0.15) is 0 Å². The molecule has 0 aliphatic carbocycles. The van der Waals surface area contributed by atoms with Gasteiger partial charge in [0.1, 0.15) is 0 Å². The van der Waals surface area contributed by atoms with Gasteiger partial charge < -0.3 is 0 Å². The van der Waals surface area contributed by atoms with Gasteiger partial charge >= 0.3 is 0 Å². The van der Waals surface area contributed by atoms with Gasteiger partial charge in [0.25, 0.3) is 0 Å². The second-order valence-electron chi connectivity index (χ2n) is 8.18. The molecule has 0 aliphatic rings. The molecular weight excluding hydrogens is 240 g/mol. The molecule has 0 heteroatoms. The normalized spacial score (nSPS) is 16.9. The Hall–Kier alpha value is 0. The molecule has 0 bridgehead atoms. The van der Waals surface area contributed by atoms with Crippen LogP contribution in [0.5, 0.6) is 0 Å². The van der Waals surface area contributed by atoms with E-state index < -0.39 is 0 Å². The van der Waals surface area contributed by atoms with Crippen LogP contribution in [0, 0.1) is 16.7 Å². The number of unbranched alkanes of at least 4 members (excludes halogenated alkanes) is 3. The van der Waals surface area contributed by atoms with Gasteiger partial charge in [-0.3, -0.25) is 0 Å². The molecule has 2 unspecified atom stereocenters. The molecule has 0 saturated heterocycles. The first-order valence-corrected chi connectivity index (χ1v) is 9.30. The maximum atomic E-state index is 2.49. The van der Waals surface area contributed by atoms with Gasteiger partial charge in [0, 0.05) is 0 Å². The second kappa shape index (κ2) is 9.85. The SMILES string of the molecule is CCCCC(CC)CCCCCC(C)(CC)C(C)(C)C. The Morgan fingerprint density at radius 2 is 1.35 bits per heavy atom. The molecule has 0 heterocycles. The predicted octanol–water partition coefficient (Wildman–Crippen LogP) is 7.62. The Bertz CT molecular complexity index is 223. The van der Waals surface area contributed by atoms with Crippen molar-refractivity contribution >= 4 is 0 Å². The third kappa shape index (κ3) is 7.14. The smallest absolute Gasteiger partial charge is 0.0280 e. The fourth-order valence-electron chi connectivity index (χ4n) is 3.25. The van der Waals surface area contributed by atoms with Crippen LogP contribution in [0.4, 0.5) is 0 Å². The molecule has 2 atom stereocenters. The van der Waals surface area contributed by atoms with Crippen LogP contribution in [0.3, 0.4) is 0 Å². The minimum absolute atomic E-state index is 0.439. The molecule has 0 aromatic heterocycles. The summed E-state index contributed by atoms with van der Waals surface area (Å²) in [5.74, 6) is 0.995. The van der Waals surface area contributed by atoms with E-state index in [9.17, 15) is 0 Å². The van der Waals surface area contributed by atoms with Gasteiger partial charge in [-0.1, -0.05) is 106 Å². The van der Waals surface area contributed by atoms with Gasteiger partial charge in [0.15, 0.2) is 0 Å². The number of hydrogen-bond donors (Lipinski definition) is 0. The Morgan fingerprint density at radius 1 is 0.750 bits per heavy atom. The minimum Gasteiger partial charge on any atom is -0.0654 e. The quantitative estimate of drug-likeness (QED) is 0.342. The monoisotopic (exact) mass is 282 g/mol. The van der Waals surface area contributed by atoms with E-state index in [1.165, 1.54) is 64.2 Å². The van der Waals surface area contributed by atoms with Crippen LogP contribution in [0.15, 0.2) is 0 Å². The zero-order valence-corrected chi connectivity index (χ0v) is 15.6. The molecule has 0 nitrogen and oxygen atoms in total. The van der Waals surface area contributed by atoms with Crippen molar-refractivity contribution in [1.82, 2.24) is 0 Å². The summed E-state index contributed by atoms with van der Waals surface area (Å²) >= 11 is 0. The molecular formula is C20H42. The third-order valence-corrected chi connectivity index (χ3v) is 5.98. The van der Waals surface area contributed by atoms with Crippen molar-refractivity contribution in [2.75, 3.05) is 0 Å². The van der Waals surface area contributed by atoms with Gasteiger partial charge in [0.2, 0.25) is 0 Å². The fraction of sp³-hybridized carbons (Fsp3) is 1.00. The van der Waals surface area contributed by atoms with Crippen LogP contribution in [0.25, 0.3) is 0 Å². The minimum atomic E-state index is 0.439. The topological polar surface area (TPSA) is 0 Å². The van der Waals surface area contributed by atoms with Crippen LogP contribution in [0.2, 0.25) is 0 Å². The third-order valence-electron chi connectivity index (χ3n) is 5.98. The molecule has 20 heavy (non-hydrogen) atoms. The highest BCUT2D eigenvalue weighted by Crippen LogP contribution is 2.45. The van der Waals surface area contributed by atoms with Crippen molar-refractivity contribution in [3.05, 3.63) is 0 Å². The highest BCUT2D eigenvalue weighted by atomic mass is 14.4. The van der Waals surface area contributed by atoms with Gasteiger partial charge in [-0.05, 0) is 23.2 Å². The Labute approximate surface area is 130 Å². The summed E-state index contributed by atoms with van der Waals surface area (Å²) in [6.45, 7) is 16.8. The molecule has 0 rings (SSSR count). The van der Waals surface area contributed by atoms with Crippen molar-refractivity contribution in [2.45, 2.75) is 113 Å². The van der Waals surface area contributed by atoms with Crippen LogP contribution in [-0.2, 0) is 0 Å². The van der Waals surface area contributed by atoms with E-state index in [1.807, 2.05) is 0 Å². The highest BCUT2D eigenvalue weighted by molar-refractivity contribution is 4.85. The van der Waals surface area contributed by atoms with Gasteiger partial charge in [0.05, 0.1) is 0 Å². The predicted molar refractivity (Wildman–Crippen MR) is 94.2 cm³/mol. The fourth-order valence-corrected chi connectivity index (χ4v) is 3.25. The maximum absolute atomic E-state index is 2.49. The summed E-state index contributed by atoms with van der Waals surface area (Å²) in [7, 11) is 0. The maximum Gasteiger partial charge on any atom is -0.0280 e. The number of hydrogen-bond acceptors (Lipinski definition) is 0. The molecule has 0 radical (unpaired) electrons. The Morgan fingerprint density at radius 3 is 1.80 bits per heavy atom. The molecule has 0 aromatic rings. The summed E-state index contributed by atoms with van der Waals surface area (Å²) in [6, 6.07) is 0. The van der Waals surface area contributed by atoms with E-state index in [0.29, 0.717) is 10.8 Å². The molecule has 0 saturated carbocycles. The lowest BCUT2D eigenvalue weighted by Crippen LogP contribution is -2.32. The zero-order chi connectivity index (χ0) is 15.6. The lowest BCUT2D eigenvalue weighted by Gasteiger charge is -2.42. The van der Waals surface area contributed by atoms with E-state index in [0.717, 1.165) is 5.92 Å². The Kier molecular flexibility index (Phi) is 9.85. The van der Waals surface area contributed by atoms with Crippen molar-refractivity contribution in [2.24, 2.45) is 16.7 Å². The van der Waals surface area contributed by atoms with E-state index in [2.05, 4.69) is 48.5 Å². The van der Waals surface area contributed by atoms with E-state index >= 15 is 0 Å². The van der Waals surface area contributed by atoms with E-state index in [1.54, 1.807) is 0 Å². The molecule has 0 amide bonds. The Balaban J connectivity index is 3.90. The summed E-state index contributed by atoms with van der Waals surface area (Å²) < 4.78 is 0. The molecule has 0 aromatic carbocycles. The number of rotatable bonds is 11.